The summed E-state index contributed by atoms with van der Waals surface area (Å²) in [5.74, 6) is -0.821. The van der Waals surface area contributed by atoms with E-state index in [1.54, 1.807) is 21.1 Å². The molecule has 1 aliphatic carbocycles. The van der Waals surface area contributed by atoms with Crippen LogP contribution in [0.3, 0.4) is 0 Å². The quantitative estimate of drug-likeness (QED) is 0.361. The molecule has 3 aromatic carbocycles. The highest BCUT2D eigenvalue weighted by atomic mass is 16.2. The third kappa shape index (κ3) is 6.96. The molecule has 0 saturated heterocycles. The van der Waals surface area contributed by atoms with E-state index < -0.39 is 12.1 Å². The van der Waals surface area contributed by atoms with E-state index >= 15 is 0 Å². The van der Waals surface area contributed by atoms with Crippen LogP contribution < -0.4 is 11.1 Å². The molecule has 0 aliphatic heterocycles. The van der Waals surface area contributed by atoms with Crippen LogP contribution in [-0.2, 0) is 27.2 Å². The van der Waals surface area contributed by atoms with Gasteiger partial charge in [-0.15, -0.1) is 0 Å². The molecule has 0 spiro atoms. The van der Waals surface area contributed by atoms with Gasteiger partial charge in [-0.2, -0.15) is 0 Å². The lowest BCUT2D eigenvalue weighted by Gasteiger charge is -2.37. The largest absolute Gasteiger partial charge is 0.357 e. The first kappa shape index (κ1) is 29.0. The summed E-state index contributed by atoms with van der Waals surface area (Å²) in [6.07, 6.45) is 7.68. The van der Waals surface area contributed by atoms with E-state index in [1.165, 1.54) is 15.9 Å². The van der Waals surface area contributed by atoms with E-state index in [4.69, 9.17) is 5.73 Å². The average Bonchev–Trinajstić information content (AvgIpc) is 2.96. The average molecular weight is 541 g/mol. The van der Waals surface area contributed by atoms with Crippen LogP contribution >= 0.6 is 0 Å². The summed E-state index contributed by atoms with van der Waals surface area (Å²) in [5.41, 5.74) is 7.98. The van der Waals surface area contributed by atoms with E-state index in [2.05, 4.69) is 11.4 Å². The summed E-state index contributed by atoms with van der Waals surface area (Å²) in [4.78, 5) is 43.3. The van der Waals surface area contributed by atoms with E-state index in [-0.39, 0.29) is 23.3 Å². The lowest BCUT2D eigenvalue weighted by Crippen LogP contribution is -2.55. The van der Waals surface area contributed by atoms with Crippen LogP contribution in [0.2, 0.25) is 0 Å². The first-order chi connectivity index (χ1) is 19.2. The number of hydrogen-bond acceptors (Lipinski definition) is 4. The Kier molecular flexibility index (Phi) is 9.38. The van der Waals surface area contributed by atoms with Crippen molar-refractivity contribution >= 4 is 28.5 Å². The molecule has 1 fully saturated rings. The molecule has 0 aromatic heterocycles. The molecule has 0 unspecified atom stereocenters. The Balaban J connectivity index is 1.60. The zero-order valence-corrected chi connectivity index (χ0v) is 23.7. The van der Waals surface area contributed by atoms with Gasteiger partial charge in [-0.3, -0.25) is 14.4 Å². The number of nitrogens with zero attached hydrogens (tertiary/aromatic N) is 2. The van der Waals surface area contributed by atoms with Crippen molar-refractivity contribution in [2.45, 2.75) is 56.1 Å². The fraction of sp³-hybridized carbons (Fsp3) is 0.364. The minimum absolute atomic E-state index is 0.228. The first-order valence-electron chi connectivity index (χ1n) is 13.9. The molecule has 7 heteroatoms. The highest BCUT2D eigenvalue weighted by molar-refractivity contribution is 5.95. The van der Waals surface area contributed by atoms with Gasteiger partial charge in [0.1, 0.15) is 12.1 Å². The predicted octanol–water partition coefficient (Wildman–Crippen LogP) is 3.85. The molecule has 3 amide bonds. The number of carbonyl (C=O) groups is 3. The lowest BCUT2D eigenvalue weighted by atomic mass is 9.75. The number of carbonyl (C=O) groups excluding carboxylic acids is 3. The van der Waals surface area contributed by atoms with Crippen LogP contribution in [0, 0.1) is 0 Å². The molecule has 3 N–H and O–H groups in total. The maximum atomic E-state index is 14.1. The number of nitrogens with one attached hydrogen (secondary N) is 1. The second kappa shape index (κ2) is 12.9. The Morgan fingerprint density at radius 1 is 0.875 bits per heavy atom. The van der Waals surface area contributed by atoms with Crippen molar-refractivity contribution in [1.82, 2.24) is 15.1 Å². The van der Waals surface area contributed by atoms with Gasteiger partial charge in [-0.1, -0.05) is 78.9 Å². The van der Waals surface area contributed by atoms with Gasteiger partial charge in [0, 0.05) is 39.5 Å². The molecular weight excluding hydrogens is 500 g/mol. The normalized spacial score (nSPS) is 15.7. The molecule has 1 saturated carbocycles. The maximum absolute atomic E-state index is 14.1. The highest BCUT2D eigenvalue weighted by Gasteiger charge is 2.35. The van der Waals surface area contributed by atoms with Gasteiger partial charge in [0.25, 0.3) is 0 Å². The van der Waals surface area contributed by atoms with Crippen molar-refractivity contribution in [2.24, 2.45) is 5.73 Å². The minimum Gasteiger partial charge on any atom is -0.357 e. The van der Waals surface area contributed by atoms with E-state index in [0.717, 1.165) is 41.2 Å². The maximum Gasteiger partial charge on any atom is 0.246 e. The minimum atomic E-state index is -0.804. The van der Waals surface area contributed by atoms with E-state index in [9.17, 15) is 14.4 Å². The Labute approximate surface area is 237 Å². The third-order valence-electron chi connectivity index (χ3n) is 8.11. The molecule has 4 rings (SSSR count). The second-order valence-electron chi connectivity index (χ2n) is 10.9. The zero-order valence-electron chi connectivity index (χ0n) is 23.7. The fourth-order valence-corrected chi connectivity index (χ4v) is 5.28. The molecular formula is C33H40N4O3. The molecule has 0 heterocycles. The van der Waals surface area contributed by atoms with Crippen LogP contribution in [0.25, 0.3) is 10.8 Å². The van der Waals surface area contributed by atoms with Crippen molar-refractivity contribution in [1.29, 1.82) is 0 Å². The Morgan fingerprint density at radius 2 is 1.52 bits per heavy atom. The third-order valence-corrected chi connectivity index (χ3v) is 8.11. The highest BCUT2D eigenvalue weighted by Crippen LogP contribution is 2.32. The number of nitrogens with two attached hydrogens (primary N) is 1. The Hall–Kier alpha value is -3.97. The number of benzene rings is 3. The molecule has 0 bridgehead atoms. The van der Waals surface area contributed by atoms with E-state index in [0.29, 0.717) is 19.3 Å². The predicted molar refractivity (Wildman–Crippen MR) is 160 cm³/mol. The van der Waals surface area contributed by atoms with Gasteiger partial charge in [0.2, 0.25) is 17.7 Å². The number of rotatable bonds is 11. The van der Waals surface area contributed by atoms with Crippen LogP contribution in [0.1, 0.15) is 36.8 Å². The Bertz CT molecular complexity index is 1370. The second-order valence-corrected chi connectivity index (χ2v) is 10.9. The molecule has 1 aliphatic rings. The summed E-state index contributed by atoms with van der Waals surface area (Å²) in [5, 5.41) is 4.87. The SMILES string of the molecule is CNC(=O)[C@@H](Cc1ccccc1)N(C)C(=O)[C@H](Cc1ccc2ccccc2c1)N(C)C(=O)/C=C/CC1(N)CCC1. The van der Waals surface area contributed by atoms with Gasteiger partial charge in [-0.05, 0) is 53.7 Å². The molecule has 40 heavy (non-hydrogen) atoms. The standard InChI is InChI=1S/C33H40N4O3/c1-35-31(39)28(22-24-11-5-4-6-12-24)37(3)32(40)29(23-25-16-17-26-13-7-8-14-27(26)21-25)36(2)30(38)15-9-18-33(34)19-10-20-33/h4-9,11-17,21,28-29H,10,18-20,22-23,34H2,1-3H3,(H,35,39)/b15-9+/t28-,29+/m1/s1. The van der Waals surface area contributed by atoms with Crippen molar-refractivity contribution in [3.8, 4) is 0 Å². The van der Waals surface area contributed by atoms with Gasteiger partial charge in [-0.25, -0.2) is 0 Å². The fourth-order valence-electron chi connectivity index (χ4n) is 5.28. The van der Waals surface area contributed by atoms with Crippen molar-refractivity contribution in [2.75, 3.05) is 21.1 Å². The van der Waals surface area contributed by atoms with E-state index in [1.807, 2.05) is 72.8 Å². The number of likely N-dealkylation sites (N-methyl/N-ethyl adjacent to an activating group) is 3. The van der Waals surface area contributed by atoms with Crippen molar-refractivity contribution < 1.29 is 14.4 Å². The smallest absolute Gasteiger partial charge is 0.246 e. The number of amides is 3. The van der Waals surface area contributed by atoms with Crippen LogP contribution in [0.4, 0.5) is 0 Å². The molecule has 0 radical (unpaired) electrons. The summed E-state index contributed by atoms with van der Waals surface area (Å²) in [6.45, 7) is 0. The van der Waals surface area contributed by atoms with Crippen LogP contribution in [0.15, 0.2) is 84.9 Å². The van der Waals surface area contributed by atoms with Gasteiger partial charge in [0.15, 0.2) is 0 Å². The molecule has 2 atom stereocenters. The van der Waals surface area contributed by atoms with Crippen molar-refractivity contribution in [3.05, 3.63) is 96.1 Å². The zero-order chi connectivity index (χ0) is 28.7. The number of hydrogen-bond donors (Lipinski definition) is 2. The Morgan fingerprint density at radius 3 is 2.17 bits per heavy atom. The van der Waals surface area contributed by atoms with Crippen LogP contribution in [-0.4, -0.2) is 66.3 Å². The monoisotopic (exact) mass is 540 g/mol. The molecule has 7 nitrogen and oxygen atoms in total. The van der Waals surface area contributed by atoms with Gasteiger partial charge >= 0.3 is 0 Å². The van der Waals surface area contributed by atoms with Crippen LogP contribution in [0.5, 0.6) is 0 Å². The molecule has 210 valence electrons. The topological polar surface area (TPSA) is 95.7 Å². The summed E-state index contributed by atoms with van der Waals surface area (Å²) in [6, 6.07) is 22.2. The van der Waals surface area contributed by atoms with Gasteiger partial charge in [0.05, 0.1) is 0 Å². The summed E-state index contributed by atoms with van der Waals surface area (Å²) in [7, 11) is 4.86. The summed E-state index contributed by atoms with van der Waals surface area (Å²) < 4.78 is 0. The molecule has 3 aromatic rings. The first-order valence-corrected chi connectivity index (χ1v) is 13.9. The summed E-state index contributed by atoms with van der Waals surface area (Å²) >= 11 is 0. The lowest BCUT2D eigenvalue weighted by molar-refractivity contribution is -0.146. The van der Waals surface area contributed by atoms with Crippen molar-refractivity contribution in [3.63, 3.8) is 0 Å². The van der Waals surface area contributed by atoms with Gasteiger partial charge < -0.3 is 20.9 Å². The number of fused-ring (bicyclic) bond motifs is 1.